The standard InChI is InChI=1S/C19H24N2O4S/c1-5-25-18(24)10-17-21(16(23)12-26-17)11-15(22)20-14-9-7-6-8-13(14)19(2,3)4/h6-10H,5,11-12H2,1-4H3,(H,20,22). The number of hydrogen-bond donors (Lipinski definition) is 1. The third-order valence-electron chi connectivity index (χ3n) is 3.75. The van der Waals surface area contributed by atoms with E-state index in [4.69, 9.17) is 4.74 Å². The molecule has 0 aliphatic carbocycles. The molecule has 0 radical (unpaired) electrons. The zero-order valence-corrected chi connectivity index (χ0v) is 16.3. The molecule has 2 rings (SSSR count). The number of para-hydroxylation sites is 1. The first-order chi connectivity index (χ1) is 12.2. The van der Waals surface area contributed by atoms with Gasteiger partial charge < -0.3 is 10.1 Å². The SMILES string of the molecule is CCOC(=O)C=C1SCC(=O)N1CC(=O)Nc1ccccc1C(C)(C)C. The van der Waals surface area contributed by atoms with Gasteiger partial charge in [0, 0.05) is 5.69 Å². The predicted octanol–water partition coefficient (Wildman–Crippen LogP) is 2.90. The average molecular weight is 376 g/mol. The fraction of sp³-hybridized carbons (Fsp3) is 0.421. The van der Waals surface area contributed by atoms with Gasteiger partial charge in [-0.15, -0.1) is 0 Å². The third kappa shape index (κ3) is 5.11. The molecule has 0 saturated carbocycles. The maximum absolute atomic E-state index is 12.5. The van der Waals surface area contributed by atoms with Crippen molar-refractivity contribution in [2.24, 2.45) is 0 Å². The first kappa shape index (κ1) is 20.0. The Kier molecular flexibility index (Phi) is 6.47. The zero-order chi connectivity index (χ0) is 19.3. The Morgan fingerprint density at radius 2 is 2.00 bits per heavy atom. The molecule has 1 fully saturated rings. The summed E-state index contributed by atoms with van der Waals surface area (Å²) in [6.45, 7) is 8.03. The summed E-state index contributed by atoms with van der Waals surface area (Å²) in [4.78, 5) is 37.5. The number of anilines is 1. The van der Waals surface area contributed by atoms with Gasteiger partial charge in [0.15, 0.2) is 0 Å². The van der Waals surface area contributed by atoms with E-state index >= 15 is 0 Å². The number of esters is 1. The predicted molar refractivity (Wildman–Crippen MR) is 103 cm³/mol. The molecule has 26 heavy (non-hydrogen) atoms. The van der Waals surface area contributed by atoms with E-state index in [1.807, 2.05) is 24.3 Å². The molecule has 1 heterocycles. The second-order valence-electron chi connectivity index (χ2n) is 6.85. The summed E-state index contributed by atoms with van der Waals surface area (Å²) in [7, 11) is 0. The highest BCUT2D eigenvalue weighted by molar-refractivity contribution is 8.04. The van der Waals surface area contributed by atoms with Crippen molar-refractivity contribution >= 4 is 35.2 Å². The minimum Gasteiger partial charge on any atom is -0.463 e. The van der Waals surface area contributed by atoms with Crippen LogP contribution in [0, 0.1) is 0 Å². The van der Waals surface area contributed by atoms with E-state index in [2.05, 4.69) is 26.1 Å². The van der Waals surface area contributed by atoms with Crippen LogP contribution in [0.1, 0.15) is 33.3 Å². The molecule has 140 valence electrons. The summed E-state index contributed by atoms with van der Waals surface area (Å²) >= 11 is 1.23. The molecule has 1 aliphatic rings. The average Bonchev–Trinajstić information content (AvgIpc) is 2.87. The van der Waals surface area contributed by atoms with Crippen molar-refractivity contribution in [1.29, 1.82) is 0 Å². The maximum Gasteiger partial charge on any atom is 0.333 e. The molecule has 0 aromatic heterocycles. The monoisotopic (exact) mass is 376 g/mol. The van der Waals surface area contributed by atoms with E-state index in [0.717, 1.165) is 11.3 Å². The van der Waals surface area contributed by atoms with Crippen LogP contribution in [-0.4, -0.2) is 41.6 Å². The lowest BCUT2D eigenvalue weighted by Crippen LogP contribution is -2.34. The van der Waals surface area contributed by atoms with Gasteiger partial charge in [0.1, 0.15) is 6.54 Å². The second kappa shape index (κ2) is 8.40. The van der Waals surface area contributed by atoms with E-state index in [-0.39, 0.29) is 36.1 Å². The molecule has 0 atom stereocenters. The second-order valence-corrected chi connectivity index (χ2v) is 7.84. The van der Waals surface area contributed by atoms with Crippen LogP contribution in [0.3, 0.4) is 0 Å². The number of benzene rings is 1. The Balaban J connectivity index is 2.12. The van der Waals surface area contributed by atoms with Gasteiger partial charge in [-0.1, -0.05) is 50.7 Å². The third-order valence-corrected chi connectivity index (χ3v) is 4.77. The van der Waals surface area contributed by atoms with Crippen LogP contribution >= 0.6 is 11.8 Å². The normalized spacial score (nSPS) is 16.1. The van der Waals surface area contributed by atoms with Crippen LogP contribution in [0.2, 0.25) is 0 Å². The summed E-state index contributed by atoms with van der Waals surface area (Å²) in [5.74, 6) is -0.831. The number of rotatable bonds is 5. The topological polar surface area (TPSA) is 75.7 Å². The van der Waals surface area contributed by atoms with Crippen molar-refractivity contribution in [3.8, 4) is 0 Å². The fourth-order valence-electron chi connectivity index (χ4n) is 2.56. The van der Waals surface area contributed by atoms with Crippen molar-refractivity contribution in [1.82, 2.24) is 4.90 Å². The number of carbonyl (C=O) groups is 3. The van der Waals surface area contributed by atoms with Crippen molar-refractivity contribution < 1.29 is 19.1 Å². The molecule has 0 unspecified atom stereocenters. The molecule has 2 amide bonds. The largest absolute Gasteiger partial charge is 0.463 e. The van der Waals surface area contributed by atoms with Crippen LogP contribution in [0.4, 0.5) is 5.69 Å². The molecule has 0 bridgehead atoms. The fourth-order valence-corrected chi connectivity index (χ4v) is 3.49. The van der Waals surface area contributed by atoms with E-state index in [0.29, 0.717) is 5.03 Å². The van der Waals surface area contributed by atoms with Gasteiger partial charge in [0.2, 0.25) is 11.8 Å². The first-order valence-corrected chi connectivity index (χ1v) is 9.42. The van der Waals surface area contributed by atoms with Crippen LogP contribution in [-0.2, 0) is 24.5 Å². The molecule has 1 saturated heterocycles. The van der Waals surface area contributed by atoms with Crippen molar-refractivity contribution in [3.05, 3.63) is 40.9 Å². The number of ether oxygens (including phenoxy) is 1. The van der Waals surface area contributed by atoms with E-state index in [9.17, 15) is 14.4 Å². The number of amides is 2. The minimum atomic E-state index is -0.520. The quantitative estimate of drug-likeness (QED) is 0.632. The van der Waals surface area contributed by atoms with Crippen molar-refractivity contribution in [2.45, 2.75) is 33.1 Å². The zero-order valence-electron chi connectivity index (χ0n) is 15.5. The molecule has 1 aliphatic heterocycles. The molecule has 6 nitrogen and oxygen atoms in total. The van der Waals surface area contributed by atoms with Gasteiger partial charge in [0.25, 0.3) is 0 Å². The number of hydrogen-bond acceptors (Lipinski definition) is 5. The van der Waals surface area contributed by atoms with Crippen molar-refractivity contribution in [3.63, 3.8) is 0 Å². The number of nitrogens with one attached hydrogen (secondary N) is 1. The van der Waals surface area contributed by atoms with Gasteiger partial charge in [-0.05, 0) is 24.0 Å². The molecular formula is C19H24N2O4S. The lowest BCUT2D eigenvalue weighted by Gasteiger charge is -2.23. The lowest BCUT2D eigenvalue weighted by molar-refractivity contribution is -0.137. The van der Waals surface area contributed by atoms with Gasteiger partial charge in [0.05, 0.1) is 23.5 Å². The molecule has 1 aromatic rings. The summed E-state index contributed by atoms with van der Waals surface area (Å²) < 4.78 is 4.87. The Labute approximate surface area is 158 Å². The van der Waals surface area contributed by atoms with Crippen LogP contribution < -0.4 is 5.32 Å². The van der Waals surface area contributed by atoms with Crippen LogP contribution in [0.25, 0.3) is 0 Å². The Bertz CT molecular complexity index is 737. The maximum atomic E-state index is 12.5. The van der Waals surface area contributed by atoms with E-state index in [1.165, 1.54) is 22.7 Å². The van der Waals surface area contributed by atoms with E-state index in [1.54, 1.807) is 6.92 Å². The highest BCUT2D eigenvalue weighted by atomic mass is 32.2. The Morgan fingerprint density at radius 1 is 1.31 bits per heavy atom. The summed E-state index contributed by atoms with van der Waals surface area (Å²) in [6, 6.07) is 7.60. The van der Waals surface area contributed by atoms with Gasteiger partial charge >= 0.3 is 5.97 Å². The molecule has 7 heteroatoms. The summed E-state index contributed by atoms with van der Waals surface area (Å²) in [5, 5.41) is 3.32. The van der Waals surface area contributed by atoms with Gasteiger partial charge in [-0.3, -0.25) is 14.5 Å². The highest BCUT2D eigenvalue weighted by Gasteiger charge is 2.29. The summed E-state index contributed by atoms with van der Waals surface area (Å²) in [5.41, 5.74) is 1.61. The van der Waals surface area contributed by atoms with Gasteiger partial charge in [-0.25, -0.2) is 4.79 Å². The number of thioether (sulfide) groups is 1. The molecule has 1 aromatic carbocycles. The minimum absolute atomic E-state index is 0.127. The Hall–Kier alpha value is -2.28. The Morgan fingerprint density at radius 3 is 2.65 bits per heavy atom. The highest BCUT2D eigenvalue weighted by Crippen LogP contribution is 2.30. The molecule has 0 spiro atoms. The smallest absolute Gasteiger partial charge is 0.333 e. The molecular weight excluding hydrogens is 352 g/mol. The summed E-state index contributed by atoms with van der Waals surface area (Å²) in [6.07, 6.45) is 1.26. The number of carbonyl (C=O) groups excluding carboxylic acids is 3. The van der Waals surface area contributed by atoms with Crippen molar-refractivity contribution in [2.75, 3.05) is 24.2 Å². The molecule has 1 N–H and O–H groups in total. The lowest BCUT2D eigenvalue weighted by atomic mass is 9.86. The van der Waals surface area contributed by atoms with Gasteiger partial charge in [-0.2, -0.15) is 0 Å². The number of nitrogens with zero attached hydrogens (tertiary/aromatic N) is 1. The van der Waals surface area contributed by atoms with E-state index < -0.39 is 5.97 Å². The van der Waals surface area contributed by atoms with Crippen LogP contribution in [0.5, 0.6) is 0 Å². The van der Waals surface area contributed by atoms with Crippen LogP contribution in [0.15, 0.2) is 35.4 Å². The first-order valence-electron chi connectivity index (χ1n) is 8.43.